The van der Waals surface area contributed by atoms with Crippen molar-refractivity contribution in [3.8, 4) is 0 Å². The fraction of sp³-hybridized carbons (Fsp3) is 0.545. The lowest BCUT2D eigenvalue weighted by Gasteiger charge is -2.33. The molecule has 1 aromatic rings. The topological polar surface area (TPSA) is 36.7 Å². The minimum absolute atomic E-state index is 0.0737. The molecule has 1 aliphatic heterocycles. The molecule has 0 aliphatic carbocycles. The Morgan fingerprint density at radius 3 is 2.59 bits per heavy atom. The third-order valence-electron chi connectivity index (χ3n) is 2.84. The van der Waals surface area contributed by atoms with Crippen molar-refractivity contribution in [2.45, 2.75) is 0 Å². The maximum Gasteiger partial charge on any atom is 0.289 e. The highest BCUT2D eigenvalue weighted by molar-refractivity contribution is 9.09. The van der Waals surface area contributed by atoms with Crippen LogP contribution < -0.4 is 0 Å². The first kappa shape index (κ1) is 12.9. The summed E-state index contributed by atoms with van der Waals surface area (Å²) >= 11 is 9.07. The van der Waals surface area contributed by atoms with Gasteiger partial charge < -0.3 is 9.32 Å². The number of hydrogen-bond donors (Lipinski definition) is 0. The van der Waals surface area contributed by atoms with Crippen LogP contribution in [-0.2, 0) is 0 Å². The number of carbonyl (C=O) groups is 1. The Bertz CT molecular complexity index is 389. The molecule has 1 fully saturated rings. The molecule has 4 nitrogen and oxygen atoms in total. The smallest absolute Gasteiger partial charge is 0.289 e. The van der Waals surface area contributed by atoms with E-state index in [9.17, 15) is 4.79 Å². The maximum atomic E-state index is 12.0. The second-order valence-electron chi connectivity index (χ2n) is 3.93. The van der Waals surface area contributed by atoms with E-state index >= 15 is 0 Å². The van der Waals surface area contributed by atoms with Crippen molar-refractivity contribution in [2.75, 3.05) is 38.1 Å². The molecule has 1 aromatic heterocycles. The lowest BCUT2D eigenvalue weighted by atomic mass is 10.3. The van der Waals surface area contributed by atoms with Crippen LogP contribution in [0.1, 0.15) is 10.6 Å². The largest absolute Gasteiger partial charge is 0.440 e. The Balaban J connectivity index is 1.90. The number of piperazine rings is 1. The Morgan fingerprint density at radius 1 is 1.35 bits per heavy atom. The van der Waals surface area contributed by atoms with Crippen molar-refractivity contribution in [1.29, 1.82) is 0 Å². The summed E-state index contributed by atoms with van der Waals surface area (Å²) in [6, 6.07) is 3.21. The van der Waals surface area contributed by atoms with Crippen LogP contribution >= 0.6 is 27.5 Å². The number of alkyl halides is 1. The molecule has 1 amide bonds. The summed E-state index contributed by atoms with van der Waals surface area (Å²) in [5, 5.41) is 1.22. The molecule has 0 saturated carbocycles. The van der Waals surface area contributed by atoms with Crippen molar-refractivity contribution >= 4 is 33.4 Å². The molecule has 2 heterocycles. The molecule has 17 heavy (non-hydrogen) atoms. The molecule has 0 bridgehead atoms. The molecular formula is C11H14BrClN2O2. The van der Waals surface area contributed by atoms with Crippen molar-refractivity contribution in [1.82, 2.24) is 9.80 Å². The quantitative estimate of drug-likeness (QED) is 0.800. The van der Waals surface area contributed by atoms with Gasteiger partial charge in [-0.25, -0.2) is 0 Å². The minimum Gasteiger partial charge on any atom is -0.440 e. The highest BCUT2D eigenvalue weighted by atomic mass is 79.9. The summed E-state index contributed by atoms with van der Waals surface area (Å²) < 4.78 is 5.13. The minimum atomic E-state index is -0.0737. The number of nitrogens with zero attached hydrogens (tertiary/aromatic N) is 2. The van der Waals surface area contributed by atoms with Crippen LogP contribution in [-0.4, -0.2) is 53.8 Å². The highest BCUT2D eigenvalue weighted by Crippen LogP contribution is 2.16. The normalized spacial score (nSPS) is 17.4. The second kappa shape index (κ2) is 5.89. The second-order valence-corrected chi connectivity index (χ2v) is 5.09. The van der Waals surface area contributed by atoms with Gasteiger partial charge in [0.05, 0.1) is 0 Å². The van der Waals surface area contributed by atoms with Gasteiger partial charge in [-0.1, -0.05) is 15.9 Å². The van der Waals surface area contributed by atoms with Crippen LogP contribution in [0.25, 0.3) is 0 Å². The van der Waals surface area contributed by atoms with Crippen molar-refractivity contribution in [3.05, 3.63) is 23.1 Å². The Labute approximate surface area is 114 Å². The van der Waals surface area contributed by atoms with E-state index in [2.05, 4.69) is 20.8 Å². The van der Waals surface area contributed by atoms with Crippen LogP contribution in [0, 0.1) is 0 Å². The zero-order chi connectivity index (χ0) is 12.3. The highest BCUT2D eigenvalue weighted by Gasteiger charge is 2.23. The van der Waals surface area contributed by atoms with Gasteiger partial charge in [0.15, 0.2) is 11.0 Å². The molecule has 0 aromatic carbocycles. The molecule has 0 unspecified atom stereocenters. The monoisotopic (exact) mass is 320 g/mol. The zero-order valence-corrected chi connectivity index (χ0v) is 11.7. The fourth-order valence-corrected chi connectivity index (χ4v) is 2.53. The maximum absolute atomic E-state index is 12.0. The fourth-order valence-electron chi connectivity index (χ4n) is 1.88. The van der Waals surface area contributed by atoms with Gasteiger partial charge in [-0.3, -0.25) is 9.69 Å². The van der Waals surface area contributed by atoms with Crippen molar-refractivity contribution in [3.63, 3.8) is 0 Å². The summed E-state index contributed by atoms with van der Waals surface area (Å²) in [6.45, 7) is 4.32. The van der Waals surface area contributed by atoms with Crippen molar-refractivity contribution < 1.29 is 9.21 Å². The van der Waals surface area contributed by atoms with Crippen molar-refractivity contribution in [2.24, 2.45) is 0 Å². The predicted molar refractivity (Wildman–Crippen MR) is 69.9 cm³/mol. The lowest BCUT2D eigenvalue weighted by molar-refractivity contribution is 0.0614. The van der Waals surface area contributed by atoms with Gasteiger partial charge in [-0.15, -0.1) is 0 Å². The number of rotatable bonds is 3. The van der Waals surface area contributed by atoms with Crippen LogP contribution in [0.4, 0.5) is 0 Å². The van der Waals surface area contributed by atoms with Gasteiger partial charge in [0.25, 0.3) is 5.91 Å². The first-order valence-electron chi connectivity index (χ1n) is 5.53. The number of hydrogen-bond acceptors (Lipinski definition) is 3. The number of amides is 1. The van der Waals surface area contributed by atoms with Gasteiger partial charge >= 0.3 is 0 Å². The van der Waals surface area contributed by atoms with Gasteiger partial charge in [0.1, 0.15) is 0 Å². The molecule has 0 N–H and O–H groups in total. The Kier molecular flexibility index (Phi) is 4.48. The summed E-state index contributed by atoms with van der Waals surface area (Å²) in [6.07, 6.45) is 0. The van der Waals surface area contributed by atoms with E-state index in [-0.39, 0.29) is 11.1 Å². The average Bonchev–Trinajstić information content (AvgIpc) is 2.76. The third kappa shape index (κ3) is 3.24. The molecular weight excluding hydrogens is 307 g/mol. The van der Waals surface area contributed by atoms with E-state index in [1.165, 1.54) is 0 Å². The summed E-state index contributed by atoms with van der Waals surface area (Å²) in [7, 11) is 0. The first-order chi connectivity index (χ1) is 8.20. The summed E-state index contributed by atoms with van der Waals surface area (Å²) in [5.74, 6) is 0.249. The third-order valence-corrected chi connectivity index (χ3v) is 3.40. The van der Waals surface area contributed by atoms with Crippen LogP contribution in [0.5, 0.6) is 0 Å². The molecule has 0 spiro atoms. The molecule has 94 valence electrons. The van der Waals surface area contributed by atoms with E-state index in [4.69, 9.17) is 16.0 Å². The summed E-state index contributed by atoms with van der Waals surface area (Å²) in [4.78, 5) is 16.2. The summed E-state index contributed by atoms with van der Waals surface area (Å²) in [5.41, 5.74) is 0. The van der Waals surface area contributed by atoms with Crippen LogP contribution in [0.2, 0.25) is 5.22 Å². The van der Waals surface area contributed by atoms with Crippen LogP contribution in [0.15, 0.2) is 16.5 Å². The SMILES string of the molecule is O=C(c1ccc(Cl)o1)N1CCN(CCBr)CC1. The van der Waals surface area contributed by atoms with E-state index in [0.717, 1.165) is 38.1 Å². The Hall–Kier alpha value is -0.520. The molecule has 2 rings (SSSR count). The molecule has 0 radical (unpaired) electrons. The predicted octanol–water partition coefficient (Wildman–Crippen LogP) is 2.09. The molecule has 0 atom stereocenters. The molecule has 1 saturated heterocycles. The number of halogens is 2. The van der Waals surface area contributed by atoms with E-state index < -0.39 is 0 Å². The molecule has 1 aliphatic rings. The first-order valence-corrected chi connectivity index (χ1v) is 7.03. The van der Waals surface area contributed by atoms with E-state index in [0.29, 0.717) is 5.76 Å². The zero-order valence-electron chi connectivity index (χ0n) is 9.36. The van der Waals surface area contributed by atoms with Gasteiger partial charge in [-0.05, 0) is 23.7 Å². The lowest BCUT2D eigenvalue weighted by Crippen LogP contribution is -2.49. The standard InChI is InChI=1S/C11H14BrClN2O2/c12-3-4-14-5-7-15(8-6-14)11(16)9-1-2-10(13)17-9/h1-2H,3-8H2. The van der Waals surface area contributed by atoms with Gasteiger partial charge in [0, 0.05) is 38.1 Å². The molecule has 6 heteroatoms. The average molecular weight is 322 g/mol. The van der Waals surface area contributed by atoms with Gasteiger partial charge in [-0.2, -0.15) is 0 Å². The number of carbonyl (C=O) groups excluding carboxylic acids is 1. The van der Waals surface area contributed by atoms with E-state index in [1.54, 1.807) is 17.0 Å². The van der Waals surface area contributed by atoms with E-state index in [1.807, 2.05) is 0 Å². The van der Waals surface area contributed by atoms with Gasteiger partial charge in [0.2, 0.25) is 0 Å². The Morgan fingerprint density at radius 2 is 2.06 bits per heavy atom. The van der Waals surface area contributed by atoms with Crippen LogP contribution in [0.3, 0.4) is 0 Å². The number of furan rings is 1.